The smallest absolute Gasteiger partial charge is 0.234 e. The number of hydrogen-bond acceptors (Lipinski definition) is 3. The van der Waals surface area contributed by atoms with Gasteiger partial charge in [-0.1, -0.05) is 23.7 Å². The Morgan fingerprint density at radius 3 is 3.00 bits per heavy atom. The molecule has 1 unspecified atom stereocenters. The number of benzene rings is 2. The lowest BCUT2D eigenvalue weighted by Crippen LogP contribution is -2.40. The second kappa shape index (κ2) is 8.52. The highest BCUT2D eigenvalue weighted by atomic mass is 35.5. The van der Waals surface area contributed by atoms with Crippen LogP contribution in [0.5, 0.6) is 5.75 Å². The van der Waals surface area contributed by atoms with Crippen LogP contribution in [-0.2, 0) is 17.8 Å². The predicted molar refractivity (Wildman–Crippen MR) is 99.9 cm³/mol. The van der Waals surface area contributed by atoms with Gasteiger partial charge in [-0.2, -0.15) is 0 Å². The molecule has 1 atom stereocenters. The zero-order valence-electron chi connectivity index (χ0n) is 14.7. The van der Waals surface area contributed by atoms with Crippen LogP contribution in [0, 0.1) is 5.82 Å². The fourth-order valence-corrected chi connectivity index (χ4v) is 3.32. The fourth-order valence-electron chi connectivity index (χ4n) is 3.13. The zero-order valence-corrected chi connectivity index (χ0v) is 15.4. The third-order valence-corrected chi connectivity index (χ3v) is 4.49. The Hall–Kier alpha value is -2.11. The number of carbonyl (C=O) groups excluding carboxylic acids is 1. The fraction of sp³-hybridized carbons (Fsp3) is 0.350. The first-order valence-corrected chi connectivity index (χ1v) is 9.06. The largest absolute Gasteiger partial charge is 0.489 e. The van der Waals surface area contributed by atoms with E-state index in [1.54, 1.807) is 6.07 Å². The first kappa shape index (κ1) is 18.7. The van der Waals surface area contributed by atoms with E-state index in [1.165, 1.54) is 12.1 Å². The molecule has 3 rings (SSSR count). The molecular weight excluding hydrogens is 355 g/mol. The van der Waals surface area contributed by atoms with E-state index in [-0.39, 0.29) is 24.4 Å². The number of nitrogens with zero attached hydrogens (tertiary/aromatic N) is 1. The molecule has 0 radical (unpaired) electrons. The van der Waals surface area contributed by atoms with Crippen LogP contribution in [0.25, 0.3) is 0 Å². The molecule has 2 aromatic rings. The maximum atomic E-state index is 13.2. The van der Waals surface area contributed by atoms with E-state index in [9.17, 15) is 9.18 Å². The molecule has 0 saturated heterocycles. The molecule has 1 heterocycles. The minimum Gasteiger partial charge on any atom is -0.489 e. The highest BCUT2D eigenvalue weighted by Gasteiger charge is 2.22. The van der Waals surface area contributed by atoms with Gasteiger partial charge in [-0.15, -0.1) is 0 Å². The molecule has 1 N–H and O–H groups in total. The molecule has 0 fully saturated rings. The molecule has 26 heavy (non-hydrogen) atoms. The molecule has 1 aliphatic heterocycles. The lowest BCUT2D eigenvalue weighted by molar-refractivity contribution is -0.122. The van der Waals surface area contributed by atoms with Crippen LogP contribution in [0.15, 0.2) is 42.5 Å². The number of halogens is 2. The van der Waals surface area contributed by atoms with Crippen molar-refractivity contribution in [2.75, 3.05) is 19.6 Å². The summed E-state index contributed by atoms with van der Waals surface area (Å²) in [7, 11) is 0. The van der Waals surface area contributed by atoms with Gasteiger partial charge in [0.25, 0.3) is 0 Å². The van der Waals surface area contributed by atoms with Crippen LogP contribution in [0.1, 0.15) is 18.1 Å². The minimum atomic E-state index is -0.260. The Morgan fingerprint density at radius 2 is 2.19 bits per heavy atom. The first-order chi connectivity index (χ1) is 12.5. The van der Waals surface area contributed by atoms with Gasteiger partial charge in [0, 0.05) is 30.2 Å². The van der Waals surface area contributed by atoms with Crippen molar-refractivity contribution in [3.8, 4) is 5.75 Å². The molecule has 4 nitrogen and oxygen atoms in total. The van der Waals surface area contributed by atoms with Crippen LogP contribution < -0.4 is 10.1 Å². The van der Waals surface area contributed by atoms with Crippen LogP contribution in [0.2, 0.25) is 5.02 Å². The number of ether oxygens (including phenoxy) is 1. The van der Waals surface area contributed by atoms with Crippen molar-refractivity contribution in [1.82, 2.24) is 10.2 Å². The van der Waals surface area contributed by atoms with Crippen molar-refractivity contribution in [2.45, 2.75) is 26.0 Å². The first-order valence-electron chi connectivity index (χ1n) is 8.68. The van der Waals surface area contributed by atoms with Crippen LogP contribution in [0.4, 0.5) is 4.39 Å². The highest BCUT2D eigenvalue weighted by Crippen LogP contribution is 2.27. The van der Waals surface area contributed by atoms with Gasteiger partial charge in [-0.05, 0) is 49.2 Å². The van der Waals surface area contributed by atoms with E-state index < -0.39 is 0 Å². The van der Waals surface area contributed by atoms with Gasteiger partial charge >= 0.3 is 0 Å². The molecule has 0 saturated carbocycles. The molecule has 138 valence electrons. The number of carbonyl (C=O) groups is 1. The van der Waals surface area contributed by atoms with Gasteiger partial charge in [-0.25, -0.2) is 4.39 Å². The molecular formula is C20H22ClFN2O2. The molecule has 1 aliphatic rings. The molecule has 0 aliphatic carbocycles. The number of hydrogen-bond donors (Lipinski definition) is 1. The van der Waals surface area contributed by atoms with E-state index in [2.05, 4.69) is 5.32 Å². The topological polar surface area (TPSA) is 41.6 Å². The lowest BCUT2D eigenvalue weighted by Gasteiger charge is -2.21. The van der Waals surface area contributed by atoms with Gasteiger partial charge in [0.15, 0.2) is 0 Å². The Bertz CT molecular complexity index is 784. The number of nitrogens with one attached hydrogen (secondary N) is 1. The molecule has 0 spiro atoms. The molecule has 0 aromatic heterocycles. The Balaban J connectivity index is 1.53. The van der Waals surface area contributed by atoms with Gasteiger partial charge in [0.1, 0.15) is 17.7 Å². The van der Waals surface area contributed by atoms with E-state index in [4.69, 9.17) is 16.3 Å². The van der Waals surface area contributed by atoms with Crippen molar-refractivity contribution in [3.63, 3.8) is 0 Å². The van der Waals surface area contributed by atoms with Crippen molar-refractivity contribution < 1.29 is 13.9 Å². The minimum absolute atomic E-state index is 0.0162. The van der Waals surface area contributed by atoms with Crippen molar-refractivity contribution in [3.05, 3.63) is 64.4 Å². The highest BCUT2D eigenvalue weighted by molar-refractivity contribution is 6.30. The van der Waals surface area contributed by atoms with Crippen molar-refractivity contribution in [1.29, 1.82) is 0 Å². The molecule has 2 aromatic carbocycles. The summed E-state index contributed by atoms with van der Waals surface area (Å²) in [6.45, 7) is 4.01. The summed E-state index contributed by atoms with van der Waals surface area (Å²) >= 11 is 6.08. The Labute approximate surface area is 157 Å². The summed E-state index contributed by atoms with van der Waals surface area (Å²) in [5.41, 5.74) is 1.85. The third-order valence-electron chi connectivity index (χ3n) is 4.25. The Kier molecular flexibility index (Phi) is 6.12. The van der Waals surface area contributed by atoms with Crippen LogP contribution in [-0.4, -0.2) is 36.5 Å². The molecule has 6 heteroatoms. The van der Waals surface area contributed by atoms with Gasteiger partial charge in [-0.3, -0.25) is 9.69 Å². The van der Waals surface area contributed by atoms with Crippen LogP contribution in [0.3, 0.4) is 0 Å². The maximum absolute atomic E-state index is 13.2. The van der Waals surface area contributed by atoms with Crippen molar-refractivity contribution in [2.24, 2.45) is 0 Å². The standard InChI is InChI=1S/C20H22ClFN2O2/c1-14-11-24(12-16-10-17(21)5-6-19(16)26-14)13-20(25)23-8-7-15-3-2-4-18(22)9-15/h2-6,9-10,14H,7-8,11-13H2,1H3,(H,23,25). The van der Waals surface area contributed by atoms with Gasteiger partial charge in [0.05, 0.1) is 6.54 Å². The van der Waals surface area contributed by atoms with E-state index >= 15 is 0 Å². The molecule has 1 amide bonds. The summed E-state index contributed by atoms with van der Waals surface area (Å²) in [5, 5.41) is 3.55. The average Bonchev–Trinajstić information content (AvgIpc) is 2.72. The number of fused-ring (bicyclic) bond motifs is 1. The van der Waals surface area contributed by atoms with Crippen LogP contribution >= 0.6 is 11.6 Å². The summed E-state index contributed by atoms with van der Waals surface area (Å²) in [5.74, 6) is 0.500. The predicted octanol–water partition coefficient (Wildman–Crippen LogP) is 3.42. The van der Waals surface area contributed by atoms with Gasteiger partial charge in [0.2, 0.25) is 5.91 Å². The SMILES string of the molecule is CC1CN(CC(=O)NCCc2cccc(F)c2)Cc2cc(Cl)ccc2O1. The summed E-state index contributed by atoms with van der Waals surface area (Å²) in [6, 6.07) is 12.0. The second-order valence-electron chi connectivity index (χ2n) is 6.58. The summed E-state index contributed by atoms with van der Waals surface area (Å²) in [6.07, 6.45) is 0.582. The monoisotopic (exact) mass is 376 g/mol. The summed E-state index contributed by atoms with van der Waals surface area (Å²) < 4.78 is 19.1. The lowest BCUT2D eigenvalue weighted by atomic mass is 10.1. The third kappa shape index (κ3) is 5.19. The van der Waals surface area contributed by atoms with Gasteiger partial charge < -0.3 is 10.1 Å². The quantitative estimate of drug-likeness (QED) is 0.869. The van der Waals surface area contributed by atoms with E-state index in [1.807, 2.05) is 36.1 Å². The number of amides is 1. The second-order valence-corrected chi connectivity index (χ2v) is 7.02. The van der Waals surface area contributed by atoms with Crippen molar-refractivity contribution >= 4 is 17.5 Å². The normalized spacial score (nSPS) is 17.1. The average molecular weight is 377 g/mol. The van der Waals surface area contributed by atoms with E-state index in [0.717, 1.165) is 16.9 Å². The Morgan fingerprint density at radius 1 is 1.35 bits per heavy atom. The summed E-state index contributed by atoms with van der Waals surface area (Å²) in [4.78, 5) is 14.3. The maximum Gasteiger partial charge on any atom is 0.234 e. The number of rotatable bonds is 5. The zero-order chi connectivity index (χ0) is 18.5. The van der Waals surface area contributed by atoms with E-state index in [0.29, 0.717) is 31.1 Å². The molecule has 0 bridgehead atoms.